The molecular weight excluding hydrogens is 330 g/mol. The summed E-state index contributed by atoms with van der Waals surface area (Å²) in [4.78, 5) is 26.8. The molecule has 1 aromatic rings. The topological polar surface area (TPSA) is 84.6 Å². The highest BCUT2D eigenvalue weighted by molar-refractivity contribution is 5.91. The van der Waals surface area contributed by atoms with E-state index in [-0.39, 0.29) is 17.5 Å². The fourth-order valence-electron chi connectivity index (χ4n) is 4.61. The van der Waals surface area contributed by atoms with Crippen molar-refractivity contribution in [3.8, 4) is 0 Å². The van der Waals surface area contributed by atoms with Gasteiger partial charge in [-0.25, -0.2) is 9.97 Å². The molecule has 7 nitrogen and oxygen atoms in total. The highest BCUT2D eigenvalue weighted by Crippen LogP contribution is 2.38. The van der Waals surface area contributed by atoms with E-state index in [4.69, 9.17) is 15.5 Å². The first-order valence-electron chi connectivity index (χ1n) is 9.76. The van der Waals surface area contributed by atoms with Crippen molar-refractivity contribution in [1.82, 2.24) is 14.9 Å². The molecule has 1 aliphatic carbocycles. The molecule has 1 atom stereocenters. The highest BCUT2D eigenvalue weighted by Gasteiger charge is 2.45. The third-order valence-electron chi connectivity index (χ3n) is 6.26. The molecule has 0 bridgehead atoms. The maximum Gasteiger partial charge on any atom is 0.292 e. The second-order valence-corrected chi connectivity index (χ2v) is 8.02. The number of nitrogens with zero attached hydrogens (tertiary/aromatic N) is 4. The largest absolute Gasteiger partial charge is 0.377 e. The second-order valence-electron chi connectivity index (χ2n) is 8.02. The smallest absolute Gasteiger partial charge is 0.292 e. The predicted octanol–water partition coefficient (Wildman–Crippen LogP) is 1.42. The van der Waals surface area contributed by atoms with Crippen LogP contribution < -0.4 is 10.6 Å². The maximum atomic E-state index is 13.4. The van der Waals surface area contributed by atoms with Crippen molar-refractivity contribution in [3.63, 3.8) is 0 Å². The van der Waals surface area contributed by atoms with Crippen LogP contribution in [-0.4, -0.2) is 65.2 Å². The van der Waals surface area contributed by atoms with Gasteiger partial charge in [-0.15, -0.1) is 0 Å². The van der Waals surface area contributed by atoms with Gasteiger partial charge in [0, 0.05) is 36.9 Å². The van der Waals surface area contributed by atoms with Crippen molar-refractivity contribution in [2.75, 3.05) is 37.7 Å². The van der Waals surface area contributed by atoms with Crippen LogP contribution in [0.2, 0.25) is 0 Å². The van der Waals surface area contributed by atoms with Gasteiger partial charge >= 0.3 is 0 Å². The van der Waals surface area contributed by atoms with Gasteiger partial charge < -0.3 is 20.3 Å². The van der Waals surface area contributed by atoms with E-state index >= 15 is 0 Å². The third kappa shape index (κ3) is 2.97. The molecule has 7 heteroatoms. The number of aryl methyl sites for hydroxylation is 1. The standard InChI is InChI=1S/C19H29N5O2/c1-13-14(2)21-16(22-17(13)23-8-5-15(20)11-23)18(25)24-9-10-26-12-19(24)6-3-4-7-19/h15H,3-12,20H2,1-2H3/t15-/m1/s1. The molecule has 0 unspecified atom stereocenters. The molecule has 1 spiro atoms. The summed E-state index contributed by atoms with van der Waals surface area (Å²) in [6.07, 6.45) is 5.28. The van der Waals surface area contributed by atoms with E-state index in [1.807, 2.05) is 18.7 Å². The predicted molar refractivity (Wildman–Crippen MR) is 99.4 cm³/mol. The van der Waals surface area contributed by atoms with Crippen LogP contribution in [0.1, 0.15) is 54.0 Å². The van der Waals surface area contributed by atoms with Gasteiger partial charge in [0.25, 0.3) is 5.91 Å². The molecule has 2 saturated heterocycles. The van der Waals surface area contributed by atoms with E-state index in [1.165, 1.54) is 0 Å². The number of ether oxygens (including phenoxy) is 1. The second kappa shape index (κ2) is 6.78. The number of aromatic nitrogens is 2. The number of hydrogen-bond donors (Lipinski definition) is 1. The monoisotopic (exact) mass is 359 g/mol. The molecule has 26 heavy (non-hydrogen) atoms. The Bertz CT molecular complexity index is 701. The first kappa shape index (κ1) is 17.7. The Hall–Kier alpha value is -1.73. The Morgan fingerprint density at radius 2 is 2.00 bits per heavy atom. The van der Waals surface area contributed by atoms with Crippen molar-refractivity contribution >= 4 is 11.7 Å². The quantitative estimate of drug-likeness (QED) is 0.860. The number of hydrogen-bond acceptors (Lipinski definition) is 6. The van der Waals surface area contributed by atoms with E-state index in [0.29, 0.717) is 25.6 Å². The summed E-state index contributed by atoms with van der Waals surface area (Å²) >= 11 is 0. The molecule has 3 aliphatic rings. The third-order valence-corrected chi connectivity index (χ3v) is 6.26. The minimum atomic E-state index is -0.159. The molecule has 3 fully saturated rings. The van der Waals surface area contributed by atoms with E-state index < -0.39 is 0 Å². The van der Waals surface area contributed by atoms with Crippen LogP contribution in [0.3, 0.4) is 0 Å². The Labute approximate surface area is 154 Å². The lowest BCUT2D eigenvalue weighted by atomic mass is 9.94. The van der Waals surface area contributed by atoms with Gasteiger partial charge in [-0.2, -0.15) is 0 Å². The number of rotatable bonds is 2. The number of carbonyl (C=O) groups is 1. The van der Waals surface area contributed by atoms with Crippen LogP contribution in [0.5, 0.6) is 0 Å². The Morgan fingerprint density at radius 3 is 2.69 bits per heavy atom. The zero-order chi connectivity index (χ0) is 18.3. The fraction of sp³-hybridized carbons (Fsp3) is 0.737. The lowest BCUT2D eigenvalue weighted by Gasteiger charge is -2.44. The van der Waals surface area contributed by atoms with Gasteiger partial charge in [0.15, 0.2) is 0 Å². The average Bonchev–Trinajstić information content (AvgIpc) is 3.27. The molecule has 2 N–H and O–H groups in total. The van der Waals surface area contributed by atoms with Gasteiger partial charge in [-0.05, 0) is 33.1 Å². The first-order valence-corrected chi connectivity index (χ1v) is 9.76. The molecule has 1 aromatic heterocycles. The van der Waals surface area contributed by atoms with Crippen LogP contribution >= 0.6 is 0 Å². The van der Waals surface area contributed by atoms with Crippen molar-refractivity contribution in [1.29, 1.82) is 0 Å². The van der Waals surface area contributed by atoms with E-state index in [2.05, 4.69) is 9.88 Å². The van der Waals surface area contributed by atoms with Crippen LogP contribution in [-0.2, 0) is 4.74 Å². The molecule has 0 radical (unpaired) electrons. The van der Waals surface area contributed by atoms with Crippen molar-refractivity contribution in [2.45, 2.75) is 57.5 Å². The molecule has 1 saturated carbocycles. The summed E-state index contributed by atoms with van der Waals surface area (Å²) < 4.78 is 5.73. The minimum Gasteiger partial charge on any atom is -0.377 e. The molecule has 2 aliphatic heterocycles. The molecule has 3 heterocycles. The highest BCUT2D eigenvalue weighted by atomic mass is 16.5. The normalized spacial score (nSPS) is 25.3. The summed E-state index contributed by atoms with van der Waals surface area (Å²) in [6.45, 7) is 7.50. The minimum absolute atomic E-state index is 0.0527. The van der Waals surface area contributed by atoms with Crippen LogP contribution in [0.15, 0.2) is 0 Å². The zero-order valence-corrected chi connectivity index (χ0v) is 15.8. The lowest BCUT2D eigenvalue weighted by Crippen LogP contribution is -2.58. The van der Waals surface area contributed by atoms with Crippen LogP contribution in [0.25, 0.3) is 0 Å². The Morgan fingerprint density at radius 1 is 1.23 bits per heavy atom. The number of anilines is 1. The van der Waals surface area contributed by atoms with Gasteiger partial charge in [0.05, 0.1) is 18.8 Å². The average molecular weight is 359 g/mol. The van der Waals surface area contributed by atoms with E-state index in [1.54, 1.807) is 0 Å². The summed E-state index contributed by atoms with van der Waals surface area (Å²) in [5.74, 6) is 1.13. The van der Waals surface area contributed by atoms with Gasteiger partial charge in [0.1, 0.15) is 5.82 Å². The van der Waals surface area contributed by atoms with Crippen LogP contribution in [0.4, 0.5) is 5.82 Å². The SMILES string of the molecule is Cc1nc(C(=O)N2CCOCC23CCCC3)nc(N2CC[C@@H](N)C2)c1C. The summed E-state index contributed by atoms with van der Waals surface area (Å²) in [7, 11) is 0. The number of nitrogens with two attached hydrogens (primary N) is 1. The Kier molecular flexibility index (Phi) is 4.61. The van der Waals surface area contributed by atoms with E-state index in [9.17, 15) is 4.79 Å². The lowest BCUT2D eigenvalue weighted by molar-refractivity contribution is -0.0507. The number of carbonyl (C=O) groups excluding carboxylic acids is 1. The molecular formula is C19H29N5O2. The number of morpholine rings is 1. The molecule has 142 valence electrons. The van der Waals surface area contributed by atoms with Gasteiger partial charge in [-0.1, -0.05) is 12.8 Å². The van der Waals surface area contributed by atoms with Gasteiger partial charge in [0.2, 0.25) is 5.82 Å². The molecule has 1 amide bonds. The first-order chi connectivity index (χ1) is 12.5. The Balaban J connectivity index is 1.66. The zero-order valence-electron chi connectivity index (χ0n) is 15.8. The van der Waals surface area contributed by atoms with Gasteiger partial charge in [-0.3, -0.25) is 4.79 Å². The van der Waals surface area contributed by atoms with Crippen LogP contribution in [0, 0.1) is 13.8 Å². The molecule has 4 rings (SSSR count). The van der Waals surface area contributed by atoms with Crippen molar-refractivity contribution in [2.24, 2.45) is 5.73 Å². The molecule has 0 aromatic carbocycles. The summed E-state index contributed by atoms with van der Waals surface area (Å²) in [6, 6.07) is 0.171. The fourth-order valence-corrected chi connectivity index (χ4v) is 4.61. The summed E-state index contributed by atoms with van der Waals surface area (Å²) in [5, 5.41) is 0. The van der Waals surface area contributed by atoms with Crippen molar-refractivity contribution in [3.05, 3.63) is 17.1 Å². The van der Waals surface area contributed by atoms with Crippen molar-refractivity contribution < 1.29 is 9.53 Å². The summed E-state index contributed by atoms with van der Waals surface area (Å²) in [5.41, 5.74) is 7.81. The number of amides is 1. The van der Waals surface area contributed by atoms with E-state index in [0.717, 1.165) is 62.3 Å². The maximum absolute atomic E-state index is 13.4.